The molecule has 0 bridgehead atoms. The molecule has 2 aromatic heterocycles. The molecule has 9 heteroatoms. The fraction of sp³-hybridized carbons (Fsp3) is 0.391. The van der Waals surface area contributed by atoms with Crippen LogP contribution in [0.15, 0.2) is 52.4 Å². The Morgan fingerprint density at radius 3 is 2.56 bits per heavy atom. The van der Waals surface area contributed by atoms with Gasteiger partial charge in [-0.05, 0) is 46.8 Å². The van der Waals surface area contributed by atoms with Gasteiger partial charge in [0.1, 0.15) is 10.3 Å². The zero-order chi connectivity index (χ0) is 23.4. The molecule has 0 saturated carbocycles. The minimum atomic E-state index is -0.741. The molecule has 3 aromatic rings. The molecule has 3 rings (SSSR count). The predicted molar refractivity (Wildman–Crippen MR) is 127 cm³/mol. The molecule has 170 valence electrons. The summed E-state index contributed by atoms with van der Waals surface area (Å²) in [7, 11) is 0. The molecular weight excluding hydrogens is 444 g/mol. The number of nitrogens with one attached hydrogen (secondary N) is 1. The van der Waals surface area contributed by atoms with Crippen molar-refractivity contribution in [2.45, 2.75) is 55.7 Å². The summed E-state index contributed by atoms with van der Waals surface area (Å²) in [6.45, 7) is 9.69. The predicted octanol–water partition coefficient (Wildman–Crippen LogP) is 4.51. The lowest BCUT2D eigenvalue weighted by Crippen LogP contribution is -2.36. The Hall–Kier alpha value is -2.65. The summed E-state index contributed by atoms with van der Waals surface area (Å²) in [5.41, 5.74) is 1.74. The molecule has 1 amide bonds. The Morgan fingerprint density at radius 1 is 1.16 bits per heavy atom. The molecule has 0 unspecified atom stereocenters. The van der Waals surface area contributed by atoms with Gasteiger partial charge in [-0.2, -0.15) is 5.10 Å². The Kier molecular flexibility index (Phi) is 7.40. The van der Waals surface area contributed by atoms with Crippen molar-refractivity contribution in [2.24, 2.45) is 0 Å². The van der Waals surface area contributed by atoms with Crippen molar-refractivity contribution in [3.05, 3.63) is 59.4 Å². The number of thioether (sulfide) groups is 1. The van der Waals surface area contributed by atoms with Crippen LogP contribution in [0.3, 0.4) is 0 Å². The number of nitrogens with zero attached hydrogens (tertiary/aromatic N) is 3. The van der Waals surface area contributed by atoms with Gasteiger partial charge >= 0.3 is 5.97 Å². The monoisotopic (exact) mass is 472 g/mol. The van der Waals surface area contributed by atoms with Crippen molar-refractivity contribution in [3.63, 3.8) is 0 Å². The van der Waals surface area contributed by atoms with E-state index in [1.54, 1.807) is 17.1 Å². The molecule has 7 nitrogen and oxygen atoms in total. The van der Waals surface area contributed by atoms with E-state index in [4.69, 9.17) is 4.74 Å². The van der Waals surface area contributed by atoms with E-state index in [0.29, 0.717) is 18.5 Å². The molecule has 0 atom stereocenters. The van der Waals surface area contributed by atoms with E-state index in [9.17, 15) is 9.59 Å². The van der Waals surface area contributed by atoms with Gasteiger partial charge in [0.2, 0.25) is 0 Å². The fourth-order valence-electron chi connectivity index (χ4n) is 2.68. The third kappa shape index (κ3) is 6.67. The second-order valence-corrected chi connectivity index (χ2v) is 11.5. The number of carbonyl (C=O) groups is 2. The van der Waals surface area contributed by atoms with Gasteiger partial charge in [-0.3, -0.25) is 9.59 Å². The standard InChI is InChI=1S/C23H28N4O3S2/c1-22(2,3)30-20(29)23(4,5)32-21-26-17(15-31-21)11-12-24-19(28)16-13-25-27(14-16)18-9-7-6-8-10-18/h6-10,13-15H,11-12H2,1-5H3,(H,24,28). The molecule has 0 spiro atoms. The SMILES string of the molecule is CC(C)(C)OC(=O)C(C)(C)Sc1nc(CCNC(=O)c2cnn(-c3ccccc3)c2)cs1. The maximum absolute atomic E-state index is 12.4. The molecule has 0 aliphatic heterocycles. The average Bonchev–Trinajstić information content (AvgIpc) is 3.37. The third-order valence-corrected chi connectivity index (χ3v) is 6.46. The summed E-state index contributed by atoms with van der Waals surface area (Å²) < 4.78 is 7.24. The smallest absolute Gasteiger partial charge is 0.322 e. The van der Waals surface area contributed by atoms with Gasteiger partial charge in [-0.15, -0.1) is 11.3 Å². The summed E-state index contributed by atoms with van der Waals surface area (Å²) in [6.07, 6.45) is 3.86. The number of benzene rings is 1. The highest BCUT2D eigenvalue weighted by Crippen LogP contribution is 2.36. The minimum absolute atomic E-state index is 0.178. The van der Waals surface area contributed by atoms with Crippen LogP contribution in [0.1, 0.15) is 50.7 Å². The van der Waals surface area contributed by atoms with Crippen molar-refractivity contribution < 1.29 is 14.3 Å². The summed E-state index contributed by atoms with van der Waals surface area (Å²) in [4.78, 5) is 29.5. The lowest BCUT2D eigenvalue weighted by molar-refractivity contribution is -0.156. The number of thiazole rings is 1. The van der Waals surface area contributed by atoms with Crippen LogP contribution in [0.25, 0.3) is 5.69 Å². The quantitative estimate of drug-likeness (QED) is 0.383. The van der Waals surface area contributed by atoms with Crippen molar-refractivity contribution in [2.75, 3.05) is 6.54 Å². The second-order valence-electron chi connectivity index (χ2n) is 8.73. The average molecular weight is 473 g/mol. The number of amides is 1. The van der Waals surface area contributed by atoms with Crippen LogP contribution < -0.4 is 5.32 Å². The highest BCUT2D eigenvalue weighted by atomic mass is 32.2. The van der Waals surface area contributed by atoms with E-state index in [1.807, 2.05) is 70.3 Å². The molecular formula is C23H28N4O3S2. The summed E-state index contributed by atoms with van der Waals surface area (Å²) in [5.74, 6) is -0.446. The topological polar surface area (TPSA) is 86.1 Å². The van der Waals surface area contributed by atoms with Crippen LogP contribution >= 0.6 is 23.1 Å². The van der Waals surface area contributed by atoms with E-state index in [1.165, 1.54) is 23.1 Å². The minimum Gasteiger partial charge on any atom is -0.459 e. The van der Waals surface area contributed by atoms with Crippen LogP contribution in [0.5, 0.6) is 0 Å². The van der Waals surface area contributed by atoms with Crippen molar-refractivity contribution >= 4 is 35.0 Å². The largest absolute Gasteiger partial charge is 0.459 e. The van der Waals surface area contributed by atoms with Gasteiger partial charge in [-0.25, -0.2) is 9.67 Å². The molecule has 0 radical (unpaired) electrons. The van der Waals surface area contributed by atoms with Gasteiger partial charge in [0.15, 0.2) is 4.34 Å². The van der Waals surface area contributed by atoms with Crippen LogP contribution in [-0.2, 0) is 16.0 Å². The maximum atomic E-state index is 12.4. The number of hydrogen-bond acceptors (Lipinski definition) is 7. The normalized spacial score (nSPS) is 11.9. The molecule has 0 aliphatic carbocycles. The zero-order valence-electron chi connectivity index (χ0n) is 18.9. The molecule has 1 aromatic carbocycles. The zero-order valence-corrected chi connectivity index (χ0v) is 20.5. The van der Waals surface area contributed by atoms with Gasteiger partial charge in [0.25, 0.3) is 5.91 Å². The lowest BCUT2D eigenvalue weighted by Gasteiger charge is -2.27. The number of para-hydroxylation sites is 1. The molecule has 0 aliphatic rings. The first kappa shape index (κ1) is 24.0. The molecule has 2 heterocycles. The van der Waals surface area contributed by atoms with Gasteiger partial charge < -0.3 is 10.1 Å². The Morgan fingerprint density at radius 2 is 1.88 bits per heavy atom. The first-order valence-corrected chi connectivity index (χ1v) is 12.0. The number of hydrogen-bond donors (Lipinski definition) is 1. The van der Waals surface area contributed by atoms with Crippen molar-refractivity contribution in [3.8, 4) is 5.69 Å². The Bertz CT molecular complexity index is 1070. The molecule has 1 N–H and O–H groups in total. The first-order valence-electron chi connectivity index (χ1n) is 10.3. The number of esters is 1. The highest BCUT2D eigenvalue weighted by Gasteiger charge is 2.34. The number of aromatic nitrogens is 3. The van der Waals surface area contributed by atoms with Crippen LogP contribution in [0, 0.1) is 0 Å². The fourth-order valence-corrected chi connectivity index (χ4v) is 4.94. The lowest BCUT2D eigenvalue weighted by atomic mass is 10.1. The van der Waals surface area contributed by atoms with E-state index < -0.39 is 10.3 Å². The van der Waals surface area contributed by atoms with Gasteiger partial charge in [0, 0.05) is 24.5 Å². The molecule has 32 heavy (non-hydrogen) atoms. The number of ether oxygens (including phenoxy) is 1. The molecule has 0 saturated heterocycles. The highest BCUT2D eigenvalue weighted by molar-refractivity contribution is 8.03. The second kappa shape index (κ2) is 9.87. The van der Waals surface area contributed by atoms with Crippen LogP contribution in [0.2, 0.25) is 0 Å². The first-order chi connectivity index (χ1) is 15.0. The maximum Gasteiger partial charge on any atom is 0.322 e. The van der Waals surface area contributed by atoms with Crippen molar-refractivity contribution in [1.82, 2.24) is 20.1 Å². The van der Waals surface area contributed by atoms with E-state index in [0.717, 1.165) is 15.7 Å². The van der Waals surface area contributed by atoms with Crippen molar-refractivity contribution in [1.29, 1.82) is 0 Å². The summed E-state index contributed by atoms with van der Waals surface area (Å²) in [6, 6.07) is 9.63. The van der Waals surface area contributed by atoms with E-state index in [-0.39, 0.29) is 11.9 Å². The van der Waals surface area contributed by atoms with E-state index in [2.05, 4.69) is 15.4 Å². The summed E-state index contributed by atoms with van der Waals surface area (Å²) >= 11 is 2.87. The van der Waals surface area contributed by atoms with Gasteiger partial charge in [-0.1, -0.05) is 30.0 Å². The Balaban J connectivity index is 1.50. The molecule has 0 fully saturated rings. The van der Waals surface area contributed by atoms with Gasteiger partial charge in [0.05, 0.1) is 23.1 Å². The number of carbonyl (C=O) groups excluding carboxylic acids is 2. The third-order valence-electron chi connectivity index (χ3n) is 4.30. The van der Waals surface area contributed by atoms with Crippen LogP contribution in [0.4, 0.5) is 0 Å². The Labute approximate surface area is 196 Å². The van der Waals surface area contributed by atoms with E-state index >= 15 is 0 Å². The number of rotatable bonds is 8. The van der Waals surface area contributed by atoms with Crippen LogP contribution in [-0.4, -0.2) is 43.5 Å². The summed E-state index contributed by atoms with van der Waals surface area (Å²) in [5, 5.41) is 9.11.